The van der Waals surface area contributed by atoms with E-state index in [2.05, 4.69) is 19.1 Å². The molecule has 1 heterocycles. The van der Waals surface area contributed by atoms with Gasteiger partial charge in [-0.05, 0) is 37.1 Å². The molecule has 0 spiro atoms. The number of halogens is 2. The van der Waals surface area contributed by atoms with Crippen molar-refractivity contribution in [2.45, 2.75) is 13.8 Å². The first-order valence-electron chi connectivity index (χ1n) is 5.35. The molecule has 3 heteroatoms. The third-order valence-electron chi connectivity index (χ3n) is 2.92. The molecule has 2 aromatic carbocycles. The number of benzene rings is 2. The molecule has 0 aliphatic carbocycles. The molecule has 0 bridgehead atoms. The van der Waals surface area contributed by atoms with E-state index in [0.717, 1.165) is 27.5 Å². The summed E-state index contributed by atoms with van der Waals surface area (Å²) in [5.41, 5.74) is 3.94. The van der Waals surface area contributed by atoms with Crippen molar-refractivity contribution in [1.29, 1.82) is 0 Å². The van der Waals surface area contributed by atoms with Crippen LogP contribution in [0.3, 0.4) is 0 Å². The summed E-state index contributed by atoms with van der Waals surface area (Å²) in [6.07, 6.45) is 0. The molecular formula is C14H10Cl2O. The lowest BCUT2D eigenvalue weighted by molar-refractivity contribution is 0.665. The maximum atomic E-state index is 6.24. The van der Waals surface area contributed by atoms with Crippen LogP contribution in [0.15, 0.2) is 28.7 Å². The van der Waals surface area contributed by atoms with Gasteiger partial charge in [-0.15, -0.1) is 0 Å². The van der Waals surface area contributed by atoms with Gasteiger partial charge in [-0.1, -0.05) is 29.3 Å². The molecule has 0 radical (unpaired) electrons. The zero-order valence-electron chi connectivity index (χ0n) is 9.47. The number of aryl methyl sites for hydroxylation is 2. The first-order valence-corrected chi connectivity index (χ1v) is 6.10. The topological polar surface area (TPSA) is 13.1 Å². The van der Waals surface area contributed by atoms with Gasteiger partial charge in [-0.2, -0.15) is 0 Å². The van der Waals surface area contributed by atoms with Crippen LogP contribution in [0.1, 0.15) is 11.1 Å². The van der Waals surface area contributed by atoms with Crippen LogP contribution in [0.25, 0.3) is 21.9 Å². The van der Waals surface area contributed by atoms with Crippen LogP contribution in [0.2, 0.25) is 10.0 Å². The Hall–Kier alpha value is -1.18. The molecule has 0 unspecified atom stereocenters. The molecule has 0 N–H and O–H groups in total. The summed E-state index contributed by atoms with van der Waals surface area (Å²) in [5.74, 6) is 0. The largest absolute Gasteiger partial charge is 0.456 e. The van der Waals surface area contributed by atoms with E-state index in [0.29, 0.717) is 10.0 Å². The Morgan fingerprint density at radius 1 is 1.00 bits per heavy atom. The molecule has 0 aliphatic rings. The van der Waals surface area contributed by atoms with Crippen LogP contribution in [-0.2, 0) is 0 Å². The maximum absolute atomic E-state index is 6.24. The van der Waals surface area contributed by atoms with Crippen molar-refractivity contribution in [3.63, 3.8) is 0 Å². The Morgan fingerprint density at radius 3 is 2.53 bits per heavy atom. The average molecular weight is 265 g/mol. The Bertz CT molecular complexity index is 741. The van der Waals surface area contributed by atoms with E-state index in [1.54, 1.807) is 12.1 Å². The summed E-state index contributed by atoms with van der Waals surface area (Å²) >= 11 is 12.2. The Balaban J connectivity index is 2.60. The predicted octanol–water partition coefficient (Wildman–Crippen LogP) is 5.51. The normalized spacial score (nSPS) is 11.5. The minimum Gasteiger partial charge on any atom is -0.456 e. The van der Waals surface area contributed by atoms with Crippen molar-refractivity contribution in [1.82, 2.24) is 0 Å². The van der Waals surface area contributed by atoms with Gasteiger partial charge in [0.05, 0.1) is 5.02 Å². The minimum atomic E-state index is 0.593. The number of hydrogen-bond acceptors (Lipinski definition) is 1. The number of furan rings is 1. The molecule has 0 aliphatic heterocycles. The maximum Gasteiger partial charge on any atom is 0.138 e. The molecule has 1 aromatic heterocycles. The highest BCUT2D eigenvalue weighted by atomic mass is 35.5. The van der Waals surface area contributed by atoms with Gasteiger partial charge in [-0.3, -0.25) is 0 Å². The van der Waals surface area contributed by atoms with Gasteiger partial charge in [0, 0.05) is 21.9 Å². The second kappa shape index (κ2) is 3.66. The van der Waals surface area contributed by atoms with E-state index in [1.165, 1.54) is 5.56 Å². The van der Waals surface area contributed by atoms with Gasteiger partial charge in [0.15, 0.2) is 0 Å². The Kier molecular flexibility index (Phi) is 2.35. The van der Waals surface area contributed by atoms with Gasteiger partial charge in [0.1, 0.15) is 11.2 Å². The summed E-state index contributed by atoms with van der Waals surface area (Å²) in [6.45, 7) is 4.10. The Morgan fingerprint density at radius 2 is 1.76 bits per heavy atom. The summed E-state index contributed by atoms with van der Waals surface area (Å²) in [4.78, 5) is 0. The van der Waals surface area contributed by atoms with E-state index in [-0.39, 0.29) is 0 Å². The van der Waals surface area contributed by atoms with Crippen molar-refractivity contribution in [3.8, 4) is 0 Å². The molecule has 0 saturated carbocycles. The number of hydrogen-bond donors (Lipinski definition) is 0. The van der Waals surface area contributed by atoms with Crippen LogP contribution < -0.4 is 0 Å². The monoisotopic (exact) mass is 264 g/mol. The van der Waals surface area contributed by atoms with E-state index >= 15 is 0 Å². The molecule has 0 amide bonds. The van der Waals surface area contributed by atoms with Crippen LogP contribution in [0, 0.1) is 13.8 Å². The van der Waals surface area contributed by atoms with Gasteiger partial charge >= 0.3 is 0 Å². The first-order chi connectivity index (χ1) is 8.06. The van der Waals surface area contributed by atoms with Crippen molar-refractivity contribution in [2.75, 3.05) is 0 Å². The molecule has 0 saturated heterocycles. The van der Waals surface area contributed by atoms with Crippen LogP contribution >= 0.6 is 23.2 Å². The molecule has 0 atom stereocenters. The SMILES string of the molecule is Cc1cc(C)c2oc3cc(Cl)cc(Cl)c3c2c1. The second-order valence-corrected chi connectivity index (χ2v) is 5.16. The van der Waals surface area contributed by atoms with Crippen LogP contribution in [0.4, 0.5) is 0 Å². The van der Waals surface area contributed by atoms with Crippen LogP contribution in [0.5, 0.6) is 0 Å². The standard InChI is InChI=1S/C14H10Cl2O/c1-7-3-8(2)14-10(4-7)13-11(16)5-9(15)6-12(13)17-14/h3-6H,1-2H3. The predicted molar refractivity (Wildman–Crippen MR) is 73.2 cm³/mol. The average Bonchev–Trinajstić information content (AvgIpc) is 2.56. The smallest absolute Gasteiger partial charge is 0.138 e. The molecule has 3 rings (SSSR count). The highest BCUT2D eigenvalue weighted by molar-refractivity contribution is 6.40. The minimum absolute atomic E-state index is 0.593. The van der Waals surface area contributed by atoms with Crippen molar-refractivity contribution < 1.29 is 4.42 Å². The van der Waals surface area contributed by atoms with Gasteiger partial charge in [0.25, 0.3) is 0 Å². The first kappa shape index (κ1) is 10.9. The zero-order chi connectivity index (χ0) is 12.2. The fourth-order valence-electron chi connectivity index (χ4n) is 2.28. The fourth-order valence-corrected chi connectivity index (χ4v) is 2.85. The zero-order valence-corrected chi connectivity index (χ0v) is 11.0. The third-order valence-corrected chi connectivity index (χ3v) is 3.44. The molecular weight excluding hydrogens is 255 g/mol. The van der Waals surface area contributed by atoms with E-state index < -0.39 is 0 Å². The molecule has 0 fully saturated rings. The lowest BCUT2D eigenvalue weighted by Crippen LogP contribution is -1.77. The van der Waals surface area contributed by atoms with E-state index in [4.69, 9.17) is 27.6 Å². The lowest BCUT2D eigenvalue weighted by atomic mass is 10.1. The third kappa shape index (κ3) is 1.62. The van der Waals surface area contributed by atoms with Crippen molar-refractivity contribution in [3.05, 3.63) is 45.4 Å². The summed E-state index contributed by atoms with van der Waals surface area (Å²) in [5, 5.41) is 3.23. The van der Waals surface area contributed by atoms with Gasteiger partial charge in [0.2, 0.25) is 0 Å². The fraction of sp³-hybridized carbons (Fsp3) is 0.143. The molecule has 17 heavy (non-hydrogen) atoms. The van der Waals surface area contributed by atoms with E-state index in [1.807, 2.05) is 6.92 Å². The van der Waals surface area contributed by atoms with Gasteiger partial charge < -0.3 is 4.42 Å². The number of fused-ring (bicyclic) bond motifs is 3. The molecule has 1 nitrogen and oxygen atoms in total. The molecule has 3 aromatic rings. The van der Waals surface area contributed by atoms with Gasteiger partial charge in [-0.25, -0.2) is 0 Å². The highest BCUT2D eigenvalue weighted by Gasteiger charge is 2.13. The second-order valence-electron chi connectivity index (χ2n) is 4.32. The Labute approximate surface area is 109 Å². The highest BCUT2D eigenvalue weighted by Crippen LogP contribution is 2.37. The quantitative estimate of drug-likeness (QED) is 0.522. The lowest BCUT2D eigenvalue weighted by Gasteiger charge is -1.98. The summed E-state index contributed by atoms with van der Waals surface area (Å²) < 4.78 is 5.83. The van der Waals surface area contributed by atoms with Crippen molar-refractivity contribution >= 4 is 45.1 Å². The summed E-state index contributed by atoms with van der Waals surface area (Å²) in [7, 11) is 0. The van der Waals surface area contributed by atoms with Crippen LogP contribution in [-0.4, -0.2) is 0 Å². The summed E-state index contributed by atoms with van der Waals surface area (Å²) in [6, 6.07) is 7.74. The molecule has 86 valence electrons. The number of rotatable bonds is 0. The van der Waals surface area contributed by atoms with Crippen molar-refractivity contribution in [2.24, 2.45) is 0 Å². The van der Waals surface area contributed by atoms with E-state index in [9.17, 15) is 0 Å².